The molecule has 1 aromatic rings. The van der Waals surface area contributed by atoms with Crippen LogP contribution in [-0.2, 0) is 4.74 Å². The van der Waals surface area contributed by atoms with E-state index in [9.17, 15) is 4.79 Å². The van der Waals surface area contributed by atoms with Crippen LogP contribution in [0, 0.1) is 0 Å². The maximum Gasteiger partial charge on any atom is 0.335 e. The molecular weight excluding hydrogens is 182 g/mol. The lowest BCUT2D eigenvalue weighted by Gasteiger charge is -2.05. The SMILES string of the molecule is COCCNc1ccc(C(=O)O)cc1. The molecule has 0 aromatic heterocycles. The zero-order chi connectivity index (χ0) is 10.4. The van der Waals surface area contributed by atoms with Gasteiger partial charge in [-0.3, -0.25) is 0 Å². The number of carbonyl (C=O) groups is 1. The lowest BCUT2D eigenvalue weighted by atomic mass is 10.2. The summed E-state index contributed by atoms with van der Waals surface area (Å²) in [6.45, 7) is 1.34. The number of carboxylic acid groups (broad SMARTS) is 1. The van der Waals surface area contributed by atoms with Gasteiger partial charge in [-0.25, -0.2) is 4.79 Å². The zero-order valence-electron chi connectivity index (χ0n) is 7.99. The molecule has 0 saturated heterocycles. The Labute approximate surface area is 82.5 Å². The molecule has 1 rings (SSSR count). The molecule has 0 amide bonds. The second-order valence-corrected chi connectivity index (χ2v) is 2.80. The van der Waals surface area contributed by atoms with E-state index in [4.69, 9.17) is 9.84 Å². The Morgan fingerprint density at radius 1 is 1.43 bits per heavy atom. The topological polar surface area (TPSA) is 58.6 Å². The predicted molar refractivity (Wildman–Crippen MR) is 53.8 cm³/mol. The highest BCUT2D eigenvalue weighted by atomic mass is 16.5. The van der Waals surface area contributed by atoms with E-state index < -0.39 is 5.97 Å². The van der Waals surface area contributed by atoms with Gasteiger partial charge in [0.25, 0.3) is 0 Å². The fraction of sp³-hybridized carbons (Fsp3) is 0.300. The van der Waals surface area contributed by atoms with E-state index >= 15 is 0 Å². The lowest BCUT2D eigenvalue weighted by molar-refractivity contribution is 0.0697. The van der Waals surface area contributed by atoms with Crippen molar-refractivity contribution < 1.29 is 14.6 Å². The Kier molecular flexibility index (Phi) is 3.94. The number of methoxy groups -OCH3 is 1. The summed E-state index contributed by atoms with van der Waals surface area (Å²) in [6.07, 6.45) is 0. The molecule has 0 atom stereocenters. The molecule has 0 spiro atoms. The summed E-state index contributed by atoms with van der Waals surface area (Å²) in [5.41, 5.74) is 1.19. The van der Waals surface area contributed by atoms with Crippen LogP contribution in [0.2, 0.25) is 0 Å². The van der Waals surface area contributed by atoms with E-state index in [-0.39, 0.29) is 0 Å². The van der Waals surface area contributed by atoms with Crippen LogP contribution in [0.3, 0.4) is 0 Å². The summed E-state index contributed by atoms with van der Waals surface area (Å²) in [6, 6.07) is 6.60. The van der Waals surface area contributed by atoms with Crippen LogP contribution in [0.5, 0.6) is 0 Å². The molecule has 0 radical (unpaired) electrons. The molecule has 1 aromatic carbocycles. The van der Waals surface area contributed by atoms with Gasteiger partial charge in [0.1, 0.15) is 0 Å². The predicted octanol–water partition coefficient (Wildman–Crippen LogP) is 1.44. The van der Waals surface area contributed by atoms with Crippen molar-refractivity contribution in [2.45, 2.75) is 0 Å². The number of rotatable bonds is 5. The maximum atomic E-state index is 10.5. The Balaban J connectivity index is 2.51. The standard InChI is InChI=1S/C10H13NO3/c1-14-7-6-11-9-4-2-8(3-5-9)10(12)13/h2-5,11H,6-7H2,1H3,(H,12,13). The highest BCUT2D eigenvalue weighted by molar-refractivity contribution is 5.87. The van der Waals surface area contributed by atoms with E-state index in [2.05, 4.69) is 5.32 Å². The van der Waals surface area contributed by atoms with Crippen LogP contribution >= 0.6 is 0 Å². The van der Waals surface area contributed by atoms with E-state index in [1.54, 1.807) is 31.4 Å². The quantitative estimate of drug-likeness (QED) is 0.698. The summed E-state index contributed by atoms with van der Waals surface area (Å²) in [5.74, 6) is -0.909. The third kappa shape index (κ3) is 3.06. The summed E-state index contributed by atoms with van der Waals surface area (Å²) in [7, 11) is 1.63. The molecule has 2 N–H and O–H groups in total. The van der Waals surface area contributed by atoms with Crippen molar-refractivity contribution in [1.29, 1.82) is 0 Å². The molecule has 0 heterocycles. The first-order valence-corrected chi connectivity index (χ1v) is 4.30. The van der Waals surface area contributed by atoms with Crippen LogP contribution in [0.15, 0.2) is 24.3 Å². The van der Waals surface area contributed by atoms with Gasteiger partial charge in [0.15, 0.2) is 0 Å². The van der Waals surface area contributed by atoms with Gasteiger partial charge in [0.05, 0.1) is 12.2 Å². The van der Waals surface area contributed by atoms with E-state index in [1.807, 2.05) is 0 Å². The Morgan fingerprint density at radius 3 is 2.57 bits per heavy atom. The molecule has 4 nitrogen and oxygen atoms in total. The third-order valence-electron chi connectivity index (χ3n) is 1.77. The number of nitrogens with one attached hydrogen (secondary N) is 1. The van der Waals surface area contributed by atoms with E-state index in [1.165, 1.54) is 0 Å². The van der Waals surface area contributed by atoms with E-state index in [0.717, 1.165) is 5.69 Å². The fourth-order valence-corrected chi connectivity index (χ4v) is 1.03. The molecular formula is C10H13NO3. The van der Waals surface area contributed by atoms with Crippen LogP contribution in [-0.4, -0.2) is 31.3 Å². The summed E-state index contributed by atoms with van der Waals surface area (Å²) >= 11 is 0. The molecule has 0 unspecified atom stereocenters. The molecule has 76 valence electrons. The summed E-state index contributed by atoms with van der Waals surface area (Å²) < 4.78 is 4.87. The average molecular weight is 195 g/mol. The normalized spacial score (nSPS) is 9.79. The fourth-order valence-electron chi connectivity index (χ4n) is 1.03. The van der Waals surface area contributed by atoms with Crippen LogP contribution in [0.1, 0.15) is 10.4 Å². The van der Waals surface area contributed by atoms with Gasteiger partial charge in [-0.15, -0.1) is 0 Å². The smallest absolute Gasteiger partial charge is 0.335 e. The first-order valence-electron chi connectivity index (χ1n) is 4.30. The average Bonchev–Trinajstić information content (AvgIpc) is 2.19. The Morgan fingerprint density at radius 2 is 2.07 bits per heavy atom. The van der Waals surface area contributed by atoms with Crippen molar-refractivity contribution in [2.75, 3.05) is 25.6 Å². The second-order valence-electron chi connectivity index (χ2n) is 2.80. The van der Waals surface area contributed by atoms with Gasteiger partial charge < -0.3 is 15.2 Å². The van der Waals surface area contributed by atoms with Crippen molar-refractivity contribution in [3.8, 4) is 0 Å². The molecule has 0 saturated carbocycles. The third-order valence-corrected chi connectivity index (χ3v) is 1.77. The van der Waals surface area contributed by atoms with Crippen molar-refractivity contribution >= 4 is 11.7 Å². The first-order chi connectivity index (χ1) is 6.74. The van der Waals surface area contributed by atoms with Crippen LogP contribution < -0.4 is 5.32 Å². The summed E-state index contributed by atoms with van der Waals surface area (Å²) in [5, 5.41) is 11.7. The number of ether oxygens (including phenoxy) is 1. The number of aromatic carboxylic acids is 1. The second kappa shape index (κ2) is 5.24. The maximum absolute atomic E-state index is 10.5. The number of carboxylic acids is 1. The largest absolute Gasteiger partial charge is 0.478 e. The highest BCUT2D eigenvalue weighted by Gasteiger charge is 2.00. The zero-order valence-corrected chi connectivity index (χ0v) is 7.99. The molecule has 14 heavy (non-hydrogen) atoms. The first kappa shape index (κ1) is 10.5. The van der Waals surface area contributed by atoms with Gasteiger partial charge in [-0.2, -0.15) is 0 Å². The Hall–Kier alpha value is -1.55. The molecule has 0 aliphatic heterocycles. The minimum Gasteiger partial charge on any atom is -0.478 e. The lowest BCUT2D eigenvalue weighted by Crippen LogP contribution is -2.07. The number of hydrogen-bond acceptors (Lipinski definition) is 3. The molecule has 0 aliphatic carbocycles. The van der Waals surface area contributed by atoms with Gasteiger partial charge >= 0.3 is 5.97 Å². The van der Waals surface area contributed by atoms with Gasteiger partial charge in [-0.1, -0.05) is 0 Å². The van der Waals surface area contributed by atoms with Crippen molar-refractivity contribution in [3.05, 3.63) is 29.8 Å². The van der Waals surface area contributed by atoms with Gasteiger partial charge in [-0.05, 0) is 24.3 Å². The highest BCUT2D eigenvalue weighted by Crippen LogP contribution is 2.08. The molecule has 0 bridgehead atoms. The van der Waals surface area contributed by atoms with Crippen LogP contribution in [0.25, 0.3) is 0 Å². The molecule has 0 aliphatic rings. The monoisotopic (exact) mass is 195 g/mol. The molecule has 4 heteroatoms. The van der Waals surface area contributed by atoms with Crippen molar-refractivity contribution in [2.24, 2.45) is 0 Å². The number of benzene rings is 1. The minimum absolute atomic E-state index is 0.294. The summed E-state index contributed by atoms with van der Waals surface area (Å²) in [4.78, 5) is 10.5. The van der Waals surface area contributed by atoms with Gasteiger partial charge in [0, 0.05) is 19.3 Å². The van der Waals surface area contributed by atoms with E-state index in [0.29, 0.717) is 18.7 Å². The molecule has 0 fully saturated rings. The van der Waals surface area contributed by atoms with Gasteiger partial charge in [0.2, 0.25) is 0 Å². The van der Waals surface area contributed by atoms with Crippen molar-refractivity contribution in [3.63, 3.8) is 0 Å². The Bertz CT molecular complexity index is 295. The number of anilines is 1. The van der Waals surface area contributed by atoms with Crippen LogP contribution in [0.4, 0.5) is 5.69 Å². The minimum atomic E-state index is -0.909. The number of hydrogen-bond donors (Lipinski definition) is 2. The van der Waals surface area contributed by atoms with Crippen molar-refractivity contribution in [1.82, 2.24) is 0 Å².